The Morgan fingerprint density at radius 2 is 1.69 bits per heavy atom. The van der Waals surface area contributed by atoms with Gasteiger partial charge in [0, 0.05) is 5.56 Å². The molecule has 26 heavy (non-hydrogen) atoms. The van der Waals surface area contributed by atoms with Gasteiger partial charge in [-0.05, 0) is 51.0 Å². The molecule has 0 aliphatic carbocycles. The van der Waals surface area contributed by atoms with Crippen LogP contribution in [0, 0.1) is 13.8 Å². The van der Waals surface area contributed by atoms with E-state index in [1.807, 2.05) is 70.2 Å². The molecule has 3 aromatic rings. The monoisotopic (exact) mass is 352 g/mol. The van der Waals surface area contributed by atoms with Gasteiger partial charge in [0.25, 0.3) is 0 Å². The van der Waals surface area contributed by atoms with Crippen LogP contribution in [0.25, 0.3) is 22.3 Å². The van der Waals surface area contributed by atoms with Gasteiger partial charge in [0.15, 0.2) is 5.76 Å². The van der Waals surface area contributed by atoms with Crippen molar-refractivity contribution in [1.82, 2.24) is 0 Å². The molecular formula is C22H24O4. The van der Waals surface area contributed by atoms with Crippen LogP contribution in [0.5, 0.6) is 5.75 Å². The predicted octanol–water partition coefficient (Wildman–Crippen LogP) is 4.88. The molecule has 0 N–H and O–H groups in total. The first-order valence-corrected chi connectivity index (χ1v) is 8.85. The van der Waals surface area contributed by atoms with Gasteiger partial charge in [-0.3, -0.25) is 4.79 Å². The molecule has 0 bridgehead atoms. The van der Waals surface area contributed by atoms with Crippen LogP contribution in [0.2, 0.25) is 0 Å². The molecule has 4 nitrogen and oxygen atoms in total. The average Bonchev–Trinajstić information content (AvgIpc) is 2.62. The molecule has 0 atom stereocenters. The van der Waals surface area contributed by atoms with Gasteiger partial charge in [0.05, 0.1) is 18.1 Å². The van der Waals surface area contributed by atoms with E-state index >= 15 is 0 Å². The van der Waals surface area contributed by atoms with Crippen molar-refractivity contribution >= 4 is 11.0 Å². The van der Waals surface area contributed by atoms with E-state index in [-0.39, 0.29) is 17.3 Å². The highest BCUT2D eigenvalue weighted by atomic mass is 16.5. The number of hydrogen-bond donors (Lipinski definition) is 0. The van der Waals surface area contributed by atoms with Crippen molar-refractivity contribution in [3.05, 3.63) is 63.8 Å². The van der Waals surface area contributed by atoms with E-state index < -0.39 is 0 Å². The van der Waals surface area contributed by atoms with Crippen LogP contribution < -0.4 is 10.2 Å². The van der Waals surface area contributed by atoms with Gasteiger partial charge in [0.1, 0.15) is 12.2 Å². The van der Waals surface area contributed by atoms with Crippen LogP contribution in [0.1, 0.15) is 25.0 Å². The van der Waals surface area contributed by atoms with Crippen molar-refractivity contribution in [3.8, 4) is 17.1 Å². The molecule has 136 valence electrons. The second kappa shape index (κ2) is 7.75. The lowest BCUT2D eigenvalue weighted by atomic mass is 10.0. The minimum atomic E-state index is -0.155. The second-order valence-corrected chi connectivity index (χ2v) is 6.66. The van der Waals surface area contributed by atoms with Gasteiger partial charge in [-0.25, -0.2) is 0 Å². The quantitative estimate of drug-likeness (QED) is 0.593. The highest BCUT2D eigenvalue weighted by Crippen LogP contribution is 2.31. The number of fused-ring (bicyclic) bond motifs is 1. The lowest BCUT2D eigenvalue weighted by Crippen LogP contribution is -2.16. The fraction of sp³-hybridized carbons (Fsp3) is 0.318. The van der Waals surface area contributed by atoms with Gasteiger partial charge in [-0.1, -0.05) is 30.3 Å². The standard InChI is InChI=1S/C22H24O4/c1-14(2)24-10-11-25-22-20(23)18-12-15(3)16(4)13-19(18)26-21(22)17-8-6-5-7-9-17/h5-9,12-14H,10-11H2,1-4H3. The largest absolute Gasteiger partial charge is 0.484 e. The minimum absolute atomic E-state index is 0.117. The third-order valence-electron chi connectivity index (χ3n) is 4.28. The lowest BCUT2D eigenvalue weighted by molar-refractivity contribution is 0.0549. The van der Waals surface area contributed by atoms with Gasteiger partial charge in [-0.15, -0.1) is 0 Å². The highest BCUT2D eigenvalue weighted by molar-refractivity contribution is 5.83. The Balaban J connectivity index is 2.10. The van der Waals surface area contributed by atoms with Crippen LogP contribution in [0.4, 0.5) is 0 Å². The van der Waals surface area contributed by atoms with Crippen LogP contribution >= 0.6 is 0 Å². The first-order chi connectivity index (χ1) is 12.5. The van der Waals surface area contributed by atoms with E-state index in [9.17, 15) is 4.79 Å². The number of benzene rings is 2. The average molecular weight is 352 g/mol. The summed E-state index contributed by atoms with van der Waals surface area (Å²) in [5, 5.41) is 0.535. The van der Waals surface area contributed by atoms with Crippen molar-refractivity contribution in [3.63, 3.8) is 0 Å². The summed E-state index contributed by atoms with van der Waals surface area (Å²) in [5.74, 6) is 0.690. The van der Waals surface area contributed by atoms with Crippen LogP contribution in [0.3, 0.4) is 0 Å². The fourth-order valence-corrected chi connectivity index (χ4v) is 2.77. The Morgan fingerprint density at radius 1 is 1.00 bits per heavy atom. The molecule has 0 aliphatic rings. The molecule has 3 rings (SSSR count). The van der Waals surface area contributed by atoms with Crippen LogP contribution in [0.15, 0.2) is 51.7 Å². The van der Waals surface area contributed by atoms with E-state index in [0.29, 0.717) is 29.9 Å². The lowest BCUT2D eigenvalue weighted by Gasteiger charge is -2.13. The van der Waals surface area contributed by atoms with E-state index in [1.54, 1.807) is 0 Å². The van der Waals surface area contributed by atoms with Gasteiger partial charge in [-0.2, -0.15) is 0 Å². The Labute approximate surface area is 153 Å². The van der Waals surface area contributed by atoms with Crippen LogP contribution in [-0.4, -0.2) is 19.3 Å². The molecule has 0 unspecified atom stereocenters. The maximum Gasteiger partial charge on any atom is 0.235 e. The molecule has 0 radical (unpaired) electrons. The summed E-state index contributed by atoms with van der Waals surface area (Å²) in [6.07, 6.45) is 0.117. The van der Waals surface area contributed by atoms with Crippen molar-refractivity contribution < 1.29 is 13.9 Å². The van der Waals surface area contributed by atoms with Crippen molar-refractivity contribution in [1.29, 1.82) is 0 Å². The molecular weight excluding hydrogens is 328 g/mol. The van der Waals surface area contributed by atoms with E-state index in [4.69, 9.17) is 13.9 Å². The van der Waals surface area contributed by atoms with Crippen molar-refractivity contribution in [2.75, 3.05) is 13.2 Å². The minimum Gasteiger partial charge on any atom is -0.484 e. The summed E-state index contributed by atoms with van der Waals surface area (Å²) in [5.41, 5.74) is 3.36. The maximum absolute atomic E-state index is 13.1. The van der Waals surface area contributed by atoms with Crippen molar-refractivity contribution in [2.24, 2.45) is 0 Å². The Hall–Kier alpha value is -2.59. The molecule has 0 spiro atoms. The molecule has 0 saturated carbocycles. The first-order valence-electron chi connectivity index (χ1n) is 8.85. The first kappa shape index (κ1) is 18.2. The molecule has 0 aliphatic heterocycles. The number of hydrogen-bond acceptors (Lipinski definition) is 4. The zero-order valence-electron chi connectivity index (χ0n) is 15.7. The summed E-state index contributed by atoms with van der Waals surface area (Å²) in [4.78, 5) is 13.1. The molecule has 4 heteroatoms. The normalized spacial score (nSPS) is 11.3. The third-order valence-corrected chi connectivity index (χ3v) is 4.28. The number of aryl methyl sites for hydroxylation is 2. The Kier molecular flexibility index (Phi) is 5.43. The molecule has 0 saturated heterocycles. The van der Waals surface area contributed by atoms with Crippen molar-refractivity contribution in [2.45, 2.75) is 33.8 Å². The molecule has 2 aromatic carbocycles. The fourth-order valence-electron chi connectivity index (χ4n) is 2.77. The SMILES string of the molecule is Cc1cc2oc(-c3ccccc3)c(OCCOC(C)C)c(=O)c2cc1C. The zero-order chi connectivity index (χ0) is 18.7. The molecule has 0 amide bonds. The number of rotatable bonds is 6. The molecule has 1 aromatic heterocycles. The third kappa shape index (κ3) is 3.81. The summed E-state index contributed by atoms with van der Waals surface area (Å²) in [6, 6.07) is 13.3. The zero-order valence-corrected chi connectivity index (χ0v) is 15.7. The highest BCUT2D eigenvalue weighted by Gasteiger charge is 2.18. The van der Waals surface area contributed by atoms with Gasteiger partial charge >= 0.3 is 0 Å². The van der Waals surface area contributed by atoms with E-state index in [0.717, 1.165) is 16.7 Å². The molecule has 0 fully saturated rings. The van der Waals surface area contributed by atoms with Gasteiger partial charge < -0.3 is 13.9 Å². The second-order valence-electron chi connectivity index (χ2n) is 6.66. The summed E-state index contributed by atoms with van der Waals surface area (Å²) < 4.78 is 17.4. The smallest absolute Gasteiger partial charge is 0.235 e. The Morgan fingerprint density at radius 3 is 2.38 bits per heavy atom. The number of ether oxygens (including phenoxy) is 2. The summed E-state index contributed by atoms with van der Waals surface area (Å²) in [7, 11) is 0. The Bertz CT molecular complexity index is 955. The van der Waals surface area contributed by atoms with Crippen LogP contribution in [-0.2, 0) is 4.74 Å². The molecule has 1 heterocycles. The predicted molar refractivity (Wildman–Crippen MR) is 104 cm³/mol. The summed E-state index contributed by atoms with van der Waals surface area (Å²) in [6.45, 7) is 8.62. The maximum atomic E-state index is 13.1. The topological polar surface area (TPSA) is 48.7 Å². The van der Waals surface area contributed by atoms with E-state index in [2.05, 4.69) is 0 Å². The summed E-state index contributed by atoms with van der Waals surface area (Å²) >= 11 is 0. The van der Waals surface area contributed by atoms with E-state index in [1.165, 1.54) is 0 Å². The van der Waals surface area contributed by atoms with Gasteiger partial charge in [0.2, 0.25) is 11.2 Å².